The number of rotatable bonds is 6. The van der Waals surface area contributed by atoms with Gasteiger partial charge in [0, 0.05) is 19.3 Å². The normalized spacial score (nSPS) is 19.9. The van der Waals surface area contributed by atoms with Gasteiger partial charge in [-0.15, -0.1) is 0 Å². The van der Waals surface area contributed by atoms with Crippen molar-refractivity contribution in [3.8, 4) is 0 Å². The fourth-order valence-electron chi connectivity index (χ4n) is 1.72. The monoisotopic (exact) mass is 316 g/mol. The Morgan fingerprint density at radius 2 is 2.39 bits per heavy atom. The lowest BCUT2D eigenvalue weighted by Gasteiger charge is -2.00. The number of methoxy groups -OCH3 is 1. The number of hydrogen-bond acceptors (Lipinski definition) is 4. The van der Waals surface area contributed by atoms with Crippen molar-refractivity contribution in [3.05, 3.63) is 22.2 Å². The van der Waals surface area contributed by atoms with Crippen molar-refractivity contribution in [2.45, 2.75) is 38.2 Å². The predicted octanol–water partition coefficient (Wildman–Crippen LogP) is 2.26. The number of ketones is 1. The molecule has 0 unspecified atom stereocenters. The Balaban J connectivity index is 2.32. The number of unbranched alkanes of at least 4 members (excludes halogenated alkanes) is 1. The molecule has 4 nitrogen and oxygen atoms in total. The van der Waals surface area contributed by atoms with E-state index in [1.807, 2.05) is 6.08 Å². The average Bonchev–Trinajstić information content (AvgIpc) is 2.63. The van der Waals surface area contributed by atoms with E-state index in [2.05, 4.69) is 20.7 Å². The van der Waals surface area contributed by atoms with Crippen molar-refractivity contribution < 1.29 is 19.4 Å². The van der Waals surface area contributed by atoms with Crippen LogP contribution in [0.15, 0.2) is 22.2 Å². The zero-order valence-electron chi connectivity index (χ0n) is 10.3. The van der Waals surface area contributed by atoms with Gasteiger partial charge in [0.1, 0.15) is 0 Å². The second-order valence-corrected chi connectivity index (χ2v) is 5.20. The third-order valence-corrected chi connectivity index (χ3v) is 3.29. The molecule has 1 aliphatic rings. The molecule has 0 amide bonds. The second-order valence-electron chi connectivity index (χ2n) is 4.18. The molecule has 18 heavy (non-hydrogen) atoms. The van der Waals surface area contributed by atoms with Crippen molar-refractivity contribution in [1.29, 1.82) is 0 Å². The van der Waals surface area contributed by atoms with Gasteiger partial charge in [0.2, 0.25) is 0 Å². The van der Waals surface area contributed by atoms with E-state index < -0.39 is 6.10 Å². The van der Waals surface area contributed by atoms with Crippen LogP contribution >= 0.6 is 15.9 Å². The molecule has 1 atom stereocenters. The summed E-state index contributed by atoms with van der Waals surface area (Å²) < 4.78 is 5.44. The highest BCUT2D eigenvalue weighted by atomic mass is 79.9. The van der Waals surface area contributed by atoms with E-state index in [9.17, 15) is 14.7 Å². The van der Waals surface area contributed by atoms with E-state index in [0.29, 0.717) is 18.4 Å². The van der Waals surface area contributed by atoms with Crippen molar-refractivity contribution in [2.75, 3.05) is 7.11 Å². The number of ether oxygens (including phenoxy) is 1. The van der Waals surface area contributed by atoms with Gasteiger partial charge in [0.15, 0.2) is 5.78 Å². The van der Waals surface area contributed by atoms with E-state index in [0.717, 1.165) is 17.3 Å². The molecule has 1 rings (SSSR count). The van der Waals surface area contributed by atoms with Gasteiger partial charge in [0.05, 0.1) is 13.2 Å². The maximum absolute atomic E-state index is 11.4. The number of carbonyl (C=O) groups excluding carboxylic acids is 2. The zero-order valence-corrected chi connectivity index (χ0v) is 11.9. The molecule has 0 saturated carbocycles. The highest BCUT2D eigenvalue weighted by Gasteiger charge is 2.21. The van der Waals surface area contributed by atoms with E-state index >= 15 is 0 Å². The summed E-state index contributed by atoms with van der Waals surface area (Å²) in [6.45, 7) is 0. The molecule has 5 heteroatoms. The molecule has 0 spiro atoms. The average molecular weight is 317 g/mol. The fraction of sp³-hybridized carbons (Fsp3) is 0.538. The molecule has 1 aliphatic carbocycles. The Bertz CT molecular complexity index is 384. The molecule has 0 saturated heterocycles. The maximum Gasteiger partial charge on any atom is 0.305 e. The van der Waals surface area contributed by atoms with Gasteiger partial charge in [-0.25, -0.2) is 0 Å². The SMILES string of the molecule is COC(=O)CCC/C=C(\Br)CC1=C[C@H](O)CC1=O. The largest absolute Gasteiger partial charge is 0.469 e. The van der Waals surface area contributed by atoms with Gasteiger partial charge in [-0.05, 0) is 29.0 Å². The van der Waals surface area contributed by atoms with Crippen LogP contribution in [-0.2, 0) is 14.3 Å². The molecule has 0 radical (unpaired) electrons. The van der Waals surface area contributed by atoms with Crippen LogP contribution in [0, 0.1) is 0 Å². The van der Waals surface area contributed by atoms with Crippen LogP contribution in [-0.4, -0.2) is 30.1 Å². The highest BCUT2D eigenvalue weighted by molar-refractivity contribution is 9.11. The van der Waals surface area contributed by atoms with Crippen LogP contribution < -0.4 is 0 Å². The number of Topliss-reactive ketones (excluding diaryl/α,β-unsaturated/α-hetero) is 1. The summed E-state index contributed by atoms with van der Waals surface area (Å²) in [4.78, 5) is 22.3. The number of carbonyl (C=O) groups is 2. The summed E-state index contributed by atoms with van der Waals surface area (Å²) in [5, 5.41) is 9.30. The van der Waals surface area contributed by atoms with Gasteiger partial charge in [-0.2, -0.15) is 0 Å². The minimum absolute atomic E-state index is 0.00223. The van der Waals surface area contributed by atoms with Crippen molar-refractivity contribution in [3.63, 3.8) is 0 Å². The topological polar surface area (TPSA) is 63.6 Å². The Kier molecular flexibility index (Phi) is 6.29. The summed E-state index contributed by atoms with van der Waals surface area (Å²) in [6, 6.07) is 0. The number of hydrogen-bond donors (Lipinski definition) is 1. The smallest absolute Gasteiger partial charge is 0.305 e. The summed E-state index contributed by atoms with van der Waals surface area (Å²) in [6.07, 6.45) is 5.48. The van der Waals surface area contributed by atoms with Crippen LogP contribution in [0.3, 0.4) is 0 Å². The van der Waals surface area contributed by atoms with Crippen LogP contribution in [0.2, 0.25) is 0 Å². The Labute approximate surface area is 115 Å². The molecule has 0 aliphatic heterocycles. The Hall–Kier alpha value is -0.940. The fourth-order valence-corrected chi connectivity index (χ4v) is 2.25. The second kappa shape index (κ2) is 7.48. The molecule has 0 aromatic rings. The molecule has 0 fully saturated rings. The third kappa shape index (κ3) is 5.14. The van der Waals surface area contributed by atoms with Gasteiger partial charge in [0.25, 0.3) is 0 Å². The Morgan fingerprint density at radius 3 is 2.94 bits per heavy atom. The van der Waals surface area contributed by atoms with Gasteiger partial charge in [-0.1, -0.05) is 22.0 Å². The van der Waals surface area contributed by atoms with E-state index in [4.69, 9.17) is 0 Å². The van der Waals surface area contributed by atoms with Gasteiger partial charge >= 0.3 is 5.97 Å². The molecule has 0 aromatic carbocycles. The van der Waals surface area contributed by atoms with E-state index in [-0.39, 0.29) is 18.2 Å². The number of halogens is 1. The maximum atomic E-state index is 11.4. The molecular formula is C13H17BrO4. The highest BCUT2D eigenvalue weighted by Crippen LogP contribution is 2.25. The van der Waals surface area contributed by atoms with Crippen LogP contribution in [0.5, 0.6) is 0 Å². The molecule has 0 bridgehead atoms. The lowest BCUT2D eigenvalue weighted by Crippen LogP contribution is -2.01. The predicted molar refractivity (Wildman–Crippen MR) is 71.2 cm³/mol. The number of aliphatic hydroxyl groups excluding tert-OH is 1. The molecule has 1 N–H and O–H groups in total. The first-order chi connectivity index (χ1) is 8.52. The van der Waals surface area contributed by atoms with E-state index in [1.165, 1.54) is 7.11 Å². The van der Waals surface area contributed by atoms with Gasteiger partial charge in [-0.3, -0.25) is 9.59 Å². The first-order valence-electron chi connectivity index (χ1n) is 5.86. The van der Waals surface area contributed by atoms with Crippen molar-refractivity contribution >= 4 is 27.7 Å². The Morgan fingerprint density at radius 1 is 1.67 bits per heavy atom. The van der Waals surface area contributed by atoms with E-state index in [1.54, 1.807) is 6.08 Å². The molecule has 0 aromatic heterocycles. The lowest BCUT2D eigenvalue weighted by atomic mass is 10.1. The molecule has 100 valence electrons. The van der Waals surface area contributed by atoms with Crippen molar-refractivity contribution in [1.82, 2.24) is 0 Å². The van der Waals surface area contributed by atoms with Gasteiger partial charge < -0.3 is 9.84 Å². The minimum atomic E-state index is -0.632. The molecule has 0 heterocycles. The number of allylic oxidation sites excluding steroid dienone is 3. The summed E-state index contributed by atoms with van der Waals surface area (Å²) >= 11 is 3.39. The zero-order chi connectivity index (χ0) is 13.5. The van der Waals surface area contributed by atoms with Crippen LogP contribution in [0.25, 0.3) is 0 Å². The summed E-state index contributed by atoms with van der Waals surface area (Å²) in [7, 11) is 1.37. The lowest BCUT2D eigenvalue weighted by molar-refractivity contribution is -0.140. The quantitative estimate of drug-likeness (QED) is 0.603. The van der Waals surface area contributed by atoms with Crippen LogP contribution in [0.4, 0.5) is 0 Å². The number of aliphatic hydroxyl groups is 1. The van der Waals surface area contributed by atoms with Crippen LogP contribution in [0.1, 0.15) is 32.1 Å². The van der Waals surface area contributed by atoms with Crippen molar-refractivity contribution in [2.24, 2.45) is 0 Å². The first kappa shape index (κ1) is 15.1. The molecular weight excluding hydrogens is 300 g/mol. The number of esters is 1. The summed E-state index contributed by atoms with van der Waals surface area (Å²) in [5.41, 5.74) is 0.651. The third-order valence-electron chi connectivity index (χ3n) is 2.68. The first-order valence-corrected chi connectivity index (χ1v) is 6.65. The summed E-state index contributed by atoms with van der Waals surface area (Å²) in [5.74, 6) is -0.210. The minimum Gasteiger partial charge on any atom is -0.469 e. The standard InChI is InChI=1S/C13H17BrO4/c1-18-13(17)5-3-2-4-10(14)6-9-7-11(15)8-12(9)16/h4,7,11,15H,2-3,5-6,8H2,1H3/b10-4-/t11-/m0/s1.